The summed E-state index contributed by atoms with van der Waals surface area (Å²) in [6.45, 7) is 3.26. The topological polar surface area (TPSA) is 98.8 Å². The molecule has 8 nitrogen and oxygen atoms in total. The minimum atomic E-state index is -4.07. The molecule has 2 aromatic carbocycles. The van der Waals surface area contributed by atoms with Gasteiger partial charge in [0, 0.05) is 11.3 Å². The molecule has 36 heavy (non-hydrogen) atoms. The summed E-state index contributed by atoms with van der Waals surface area (Å²) in [4.78, 5) is 28.2. The molecule has 9 heteroatoms. The first-order chi connectivity index (χ1) is 17.2. The fourth-order valence-corrected chi connectivity index (χ4v) is 7.15. The Morgan fingerprint density at radius 3 is 2.33 bits per heavy atom. The third-order valence-electron chi connectivity index (χ3n) is 7.00. The summed E-state index contributed by atoms with van der Waals surface area (Å²) >= 11 is 0. The molecule has 2 N–H and O–H groups in total. The highest BCUT2D eigenvalue weighted by Gasteiger charge is 2.38. The summed E-state index contributed by atoms with van der Waals surface area (Å²) < 4.78 is 29.4. The predicted octanol–water partition coefficient (Wildman–Crippen LogP) is 2.96. The van der Waals surface area contributed by atoms with Crippen LogP contribution in [0.1, 0.15) is 52.7 Å². The number of anilines is 1. The first kappa shape index (κ1) is 26.3. The van der Waals surface area contributed by atoms with Crippen LogP contribution in [-0.4, -0.2) is 69.2 Å². The van der Waals surface area contributed by atoms with Gasteiger partial charge in [0.05, 0.1) is 17.5 Å². The highest BCUT2D eigenvalue weighted by atomic mass is 32.2. The molecule has 1 saturated heterocycles. The van der Waals surface area contributed by atoms with Crippen LogP contribution in [0.25, 0.3) is 0 Å². The molecule has 0 unspecified atom stereocenters. The van der Waals surface area contributed by atoms with Crippen molar-refractivity contribution in [2.45, 2.75) is 56.4 Å². The standard InChI is InChI=1S/C27H36N4O4S/c1-19-8-4-5-9-21(19)27(33)29-24-12-13-25(23-11-7-6-10-22(23)24)36(34,35)31(26(32)18-30(2)3)20-14-16-28-17-15-20/h4-5,8-9,12-13,20,28H,6-7,10-11,14-18H2,1-3H3,(H,29,33). The van der Waals surface area contributed by atoms with Gasteiger partial charge in [0.1, 0.15) is 0 Å². The Hall–Kier alpha value is -2.75. The molecule has 4 rings (SSSR count). The molecule has 0 spiro atoms. The van der Waals surface area contributed by atoms with E-state index in [-0.39, 0.29) is 23.4 Å². The van der Waals surface area contributed by atoms with Crippen LogP contribution in [0.3, 0.4) is 0 Å². The van der Waals surface area contributed by atoms with E-state index in [1.165, 1.54) is 0 Å². The number of nitrogens with zero attached hydrogens (tertiary/aromatic N) is 2. The average Bonchev–Trinajstić information content (AvgIpc) is 2.84. The largest absolute Gasteiger partial charge is 0.322 e. The van der Waals surface area contributed by atoms with Gasteiger partial charge in [0.2, 0.25) is 0 Å². The molecular formula is C27H36N4O4S. The molecule has 1 heterocycles. The second kappa shape index (κ2) is 11.1. The third kappa shape index (κ3) is 5.48. The fraction of sp³-hybridized carbons (Fsp3) is 0.481. The van der Waals surface area contributed by atoms with Crippen LogP contribution < -0.4 is 10.6 Å². The number of sulfonamides is 1. The van der Waals surface area contributed by atoms with E-state index in [1.54, 1.807) is 37.2 Å². The van der Waals surface area contributed by atoms with E-state index in [0.29, 0.717) is 50.0 Å². The number of amides is 2. The van der Waals surface area contributed by atoms with Gasteiger partial charge < -0.3 is 15.5 Å². The van der Waals surface area contributed by atoms with E-state index in [0.717, 1.165) is 33.8 Å². The number of carbonyl (C=O) groups is 2. The SMILES string of the molecule is Cc1ccccc1C(=O)Nc1ccc(S(=O)(=O)N(C(=O)CN(C)C)C2CCNCC2)c2c1CCCC2. The number of nitrogens with one attached hydrogen (secondary N) is 2. The van der Waals surface area contributed by atoms with E-state index in [9.17, 15) is 18.0 Å². The maximum absolute atomic E-state index is 14.1. The maximum Gasteiger partial charge on any atom is 0.267 e. The Labute approximate surface area is 214 Å². The fourth-order valence-electron chi connectivity index (χ4n) is 5.23. The number of carbonyl (C=O) groups excluding carboxylic acids is 2. The molecule has 194 valence electrons. The summed E-state index contributed by atoms with van der Waals surface area (Å²) in [6.07, 6.45) is 4.24. The van der Waals surface area contributed by atoms with Crippen LogP contribution in [0.15, 0.2) is 41.3 Å². The zero-order valence-electron chi connectivity index (χ0n) is 21.3. The van der Waals surface area contributed by atoms with Crippen molar-refractivity contribution >= 4 is 27.5 Å². The third-order valence-corrected chi connectivity index (χ3v) is 8.96. The number of aryl methyl sites for hydroxylation is 1. The van der Waals surface area contributed by atoms with Crippen LogP contribution in [0.4, 0.5) is 5.69 Å². The molecule has 0 atom stereocenters. The lowest BCUT2D eigenvalue weighted by molar-refractivity contribution is -0.128. The number of likely N-dealkylation sites (N-methyl/N-ethyl adjacent to an activating group) is 1. The van der Waals surface area contributed by atoms with Gasteiger partial charge >= 0.3 is 0 Å². The van der Waals surface area contributed by atoms with E-state index in [4.69, 9.17) is 0 Å². The minimum Gasteiger partial charge on any atom is -0.322 e. The Morgan fingerprint density at radius 2 is 1.67 bits per heavy atom. The molecule has 0 saturated carbocycles. The van der Waals surface area contributed by atoms with Gasteiger partial charge in [-0.1, -0.05) is 18.2 Å². The summed E-state index contributed by atoms with van der Waals surface area (Å²) in [5.74, 6) is -0.623. The van der Waals surface area contributed by atoms with E-state index in [1.807, 2.05) is 25.1 Å². The lowest BCUT2D eigenvalue weighted by Gasteiger charge is -2.35. The zero-order valence-corrected chi connectivity index (χ0v) is 22.2. The second-order valence-electron chi connectivity index (χ2n) is 9.96. The number of hydrogen-bond acceptors (Lipinski definition) is 6. The number of hydrogen-bond donors (Lipinski definition) is 2. The molecule has 0 radical (unpaired) electrons. The molecule has 2 aliphatic rings. The number of rotatable bonds is 7. The van der Waals surface area contributed by atoms with Gasteiger partial charge in [0.15, 0.2) is 0 Å². The Morgan fingerprint density at radius 1 is 1.00 bits per heavy atom. The molecule has 1 aliphatic heterocycles. The zero-order chi connectivity index (χ0) is 25.9. The van der Waals surface area contributed by atoms with Crippen molar-refractivity contribution in [1.29, 1.82) is 0 Å². The summed E-state index contributed by atoms with van der Waals surface area (Å²) in [5, 5.41) is 6.27. The van der Waals surface area contributed by atoms with Crippen molar-refractivity contribution in [3.8, 4) is 0 Å². The van der Waals surface area contributed by atoms with E-state index < -0.39 is 15.9 Å². The average molecular weight is 513 g/mol. The molecular weight excluding hydrogens is 476 g/mol. The predicted molar refractivity (Wildman–Crippen MR) is 141 cm³/mol. The Bertz CT molecular complexity index is 1240. The van der Waals surface area contributed by atoms with Gasteiger partial charge in [-0.25, -0.2) is 12.7 Å². The van der Waals surface area contributed by atoms with Crippen LogP contribution in [0.2, 0.25) is 0 Å². The summed E-state index contributed by atoms with van der Waals surface area (Å²) in [5.41, 5.74) is 3.69. The number of fused-ring (bicyclic) bond motifs is 1. The van der Waals surface area contributed by atoms with Crippen LogP contribution in [0.5, 0.6) is 0 Å². The summed E-state index contributed by atoms with van der Waals surface area (Å²) in [6, 6.07) is 10.3. The highest BCUT2D eigenvalue weighted by Crippen LogP contribution is 2.36. The highest BCUT2D eigenvalue weighted by molar-refractivity contribution is 7.89. The monoisotopic (exact) mass is 512 g/mol. The first-order valence-corrected chi connectivity index (χ1v) is 14.1. The van der Waals surface area contributed by atoms with Crippen molar-refractivity contribution < 1.29 is 18.0 Å². The summed E-state index contributed by atoms with van der Waals surface area (Å²) in [7, 11) is -0.549. The van der Waals surface area contributed by atoms with E-state index in [2.05, 4.69) is 10.6 Å². The van der Waals surface area contributed by atoms with Crippen molar-refractivity contribution in [3.05, 3.63) is 58.7 Å². The number of piperidine rings is 1. The minimum absolute atomic E-state index is 0.0237. The molecule has 2 amide bonds. The Kier molecular flexibility index (Phi) is 8.12. The number of benzene rings is 2. The van der Waals surface area contributed by atoms with Crippen molar-refractivity contribution in [1.82, 2.24) is 14.5 Å². The molecule has 1 aliphatic carbocycles. The van der Waals surface area contributed by atoms with Crippen molar-refractivity contribution in [3.63, 3.8) is 0 Å². The van der Waals surface area contributed by atoms with Gasteiger partial charge in [-0.3, -0.25) is 9.59 Å². The van der Waals surface area contributed by atoms with Gasteiger partial charge in [-0.2, -0.15) is 0 Å². The smallest absolute Gasteiger partial charge is 0.267 e. The first-order valence-electron chi connectivity index (χ1n) is 12.6. The van der Waals surface area contributed by atoms with Gasteiger partial charge in [0.25, 0.3) is 21.8 Å². The van der Waals surface area contributed by atoms with Crippen LogP contribution in [-0.2, 0) is 27.7 Å². The van der Waals surface area contributed by atoms with Crippen molar-refractivity contribution in [2.24, 2.45) is 0 Å². The quantitative estimate of drug-likeness (QED) is 0.592. The molecule has 2 aromatic rings. The second-order valence-corrected chi connectivity index (χ2v) is 11.7. The molecule has 0 aromatic heterocycles. The van der Waals surface area contributed by atoms with Crippen LogP contribution >= 0.6 is 0 Å². The lowest BCUT2D eigenvalue weighted by Crippen LogP contribution is -2.51. The lowest BCUT2D eigenvalue weighted by atomic mass is 9.90. The van der Waals surface area contributed by atoms with Gasteiger partial charge in [-0.05, 0) is 108 Å². The van der Waals surface area contributed by atoms with Crippen molar-refractivity contribution in [2.75, 3.05) is 39.0 Å². The van der Waals surface area contributed by atoms with Gasteiger partial charge in [-0.15, -0.1) is 0 Å². The van der Waals surface area contributed by atoms with E-state index >= 15 is 0 Å². The van der Waals surface area contributed by atoms with Crippen LogP contribution in [0, 0.1) is 6.92 Å². The molecule has 1 fully saturated rings. The normalized spacial score (nSPS) is 16.4. The Balaban J connectivity index is 1.73. The molecule has 0 bridgehead atoms. The maximum atomic E-state index is 14.1.